The van der Waals surface area contributed by atoms with Crippen LogP contribution < -0.4 is 10.6 Å². The molecule has 3 unspecified atom stereocenters. The third-order valence-electron chi connectivity index (χ3n) is 4.98. The highest BCUT2D eigenvalue weighted by Gasteiger charge is 2.35. The second-order valence-corrected chi connectivity index (χ2v) is 9.95. The van der Waals surface area contributed by atoms with Crippen molar-refractivity contribution < 1.29 is 4.74 Å². The van der Waals surface area contributed by atoms with Gasteiger partial charge >= 0.3 is 0 Å². The molecule has 0 aliphatic carbocycles. The summed E-state index contributed by atoms with van der Waals surface area (Å²) in [6.45, 7) is 12.0. The Labute approximate surface area is 169 Å². The fourth-order valence-corrected chi connectivity index (χ4v) is 4.95. The molecule has 2 saturated heterocycles. The molecule has 2 fully saturated rings. The molecular weight excluding hydrogens is 433 g/mol. The molecule has 0 saturated carbocycles. The van der Waals surface area contributed by atoms with Gasteiger partial charge in [-0.2, -0.15) is 11.8 Å². The third-order valence-corrected chi connectivity index (χ3v) is 6.52. The minimum atomic E-state index is 0. The van der Waals surface area contributed by atoms with Crippen LogP contribution in [-0.4, -0.2) is 49.3 Å². The van der Waals surface area contributed by atoms with Crippen molar-refractivity contribution in [1.29, 1.82) is 0 Å². The van der Waals surface area contributed by atoms with Crippen LogP contribution >= 0.6 is 35.7 Å². The van der Waals surface area contributed by atoms with Gasteiger partial charge in [-0.1, -0.05) is 20.8 Å². The summed E-state index contributed by atoms with van der Waals surface area (Å²) in [6.07, 6.45) is 5.36. The third kappa shape index (κ3) is 6.56. The number of hydrogen-bond donors (Lipinski definition) is 2. The van der Waals surface area contributed by atoms with Gasteiger partial charge in [-0.25, -0.2) is 0 Å². The van der Waals surface area contributed by atoms with Gasteiger partial charge < -0.3 is 15.4 Å². The first kappa shape index (κ1) is 22.4. The first-order valence-electron chi connectivity index (χ1n) is 9.04. The molecule has 2 heterocycles. The number of hydrogen-bond acceptors (Lipinski definition) is 3. The lowest BCUT2D eigenvalue weighted by Gasteiger charge is -2.40. The number of thioether (sulfide) groups is 1. The number of aliphatic imine (C=N–C) groups is 1. The van der Waals surface area contributed by atoms with E-state index in [9.17, 15) is 0 Å². The lowest BCUT2D eigenvalue weighted by atomic mass is 9.78. The summed E-state index contributed by atoms with van der Waals surface area (Å²) in [5, 5.41) is 7.05. The highest BCUT2D eigenvalue weighted by Crippen LogP contribution is 2.37. The first-order valence-corrected chi connectivity index (χ1v) is 10.0. The van der Waals surface area contributed by atoms with Crippen LogP contribution in [0.4, 0.5) is 0 Å². The lowest BCUT2D eigenvalue weighted by Crippen LogP contribution is -2.49. The molecule has 2 aliphatic heterocycles. The molecule has 0 spiro atoms. The summed E-state index contributed by atoms with van der Waals surface area (Å²) in [5.74, 6) is 2.77. The number of halogens is 1. The van der Waals surface area contributed by atoms with Gasteiger partial charge in [-0.05, 0) is 43.8 Å². The average Bonchev–Trinajstić information content (AvgIpc) is 2.94. The van der Waals surface area contributed by atoms with Gasteiger partial charge in [0.15, 0.2) is 5.96 Å². The van der Waals surface area contributed by atoms with Crippen molar-refractivity contribution in [2.24, 2.45) is 16.3 Å². The second kappa shape index (κ2) is 9.86. The van der Waals surface area contributed by atoms with Crippen LogP contribution in [0.2, 0.25) is 0 Å². The van der Waals surface area contributed by atoms with Gasteiger partial charge in [-0.15, -0.1) is 24.0 Å². The van der Waals surface area contributed by atoms with Crippen LogP contribution in [0.25, 0.3) is 0 Å². The Hall–Kier alpha value is 0.310. The van der Waals surface area contributed by atoms with Crippen LogP contribution in [0.3, 0.4) is 0 Å². The van der Waals surface area contributed by atoms with Crippen molar-refractivity contribution in [1.82, 2.24) is 10.6 Å². The quantitative estimate of drug-likeness (QED) is 0.373. The minimum Gasteiger partial charge on any atom is -0.377 e. The normalized spacial score (nSPS) is 31.5. The SMILES string of the molecule is CN=C(NCC1CCCOC1C(C)(C)C)NCC1(C)CCCS1.I. The summed E-state index contributed by atoms with van der Waals surface area (Å²) in [4.78, 5) is 4.40. The fourth-order valence-electron chi connectivity index (χ4n) is 3.70. The molecule has 0 aromatic heterocycles. The Kier molecular flexibility index (Phi) is 9.18. The van der Waals surface area contributed by atoms with Gasteiger partial charge in [0.2, 0.25) is 0 Å². The zero-order chi connectivity index (χ0) is 16.9. The van der Waals surface area contributed by atoms with Crippen molar-refractivity contribution in [3.8, 4) is 0 Å². The highest BCUT2D eigenvalue weighted by molar-refractivity contribution is 14.0. The van der Waals surface area contributed by atoms with Gasteiger partial charge in [-0.3, -0.25) is 4.99 Å². The molecule has 0 bridgehead atoms. The Balaban J connectivity index is 0.00000288. The van der Waals surface area contributed by atoms with Gasteiger partial charge in [0, 0.05) is 37.4 Å². The van der Waals surface area contributed by atoms with Crippen LogP contribution in [0.5, 0.6) is 0 Å². The second-order valence-electron chi connectivity index (χ2n) is 8.27. The van der Waals surface area contributed by atoms with E-state index in [1.807, 2.05) is 7.05 Å². The van der Waals surface area contributed by atoms with E-state index in [-0.39, 0.29) is 29.4 Å². The van der Waals surface area contributed by atoms with E-state index >= 15 is 0 Å². The Morgan fingerprint density at radius 2 is 2.04 bits per heavy atom. The molecule has 0 aromatic rings. The van der Waals surface area contributed by atoms with E-state index < -0.39 is 0 Å². The van der Waals surface area contributed by atoms with Crippen LogP contribution in [-0.2, 0) is 4.74 Å². The molecule has 0 radical (unpaired) electrons. The maximum atomic E-state index is 6.07. The van der Waals surface area contributed by atoms with Crippen LogP contribution in [0.15, 0.2) is 4.99 Å². The first-order chi connectivity index (χ1) is 10.8. The number of rotatable bonds is 4. The van der Waals surface area contributed by atoms with E-state index in [1.165, 1.54) is 31.4 Å². The van der Waals surface area contributed by atoms with E-state index in [1.54, 1.807) is 0 Å². The fraction of sp³-hybridized carbons (Fsp3) is 0.944. The van der Waals surface area contributed by atoms with E-state index in [0.29, 0.717) is 16.8 Å². The Morgan fingerprint density at radius 3 is 2.62 bits per heavy atom. The molecule has 6 heteroatoms. The molecule has 142 valence electrons. The summed E-state index contributed by atoms with van der Waals surface area (Å²) in [5.41, 5.74) is 0.192. The maximum absolute atomic E-state index is 6.07. The number of ether oxygens (including phenoxy) is 1. The molecule has 2 aliphatic rings. The summed E-state index contributed by atoms with van der Waals surface area (Å²) in [6, 6.07) is 0. The monoisotopic (exact) mass is 469 g/mol. The van der Waals surface area contributed by atoms with E-state index in [4.69, 9.17) is 4.74 Å². The number of nitrogens with one attached hydrogen (secondary N) is 2. The smallest absolute Gasteiger partial charge is 0.191 e. The molecule has 4 nitrogen and oxygen atoms in total. The Bertz CT molecular complexity index is 406. The molecule has 2 rings (SSSR count). The number of nitrogens with zero attached hydrogens (tertiary/aromatic N) is 1. The predicted octanol–water partition coefficient (Wildman–Crippen LogP) is 3.90. The van der Waals surface area contributed by atoms with Crippen molar-refractivity contribution in [3.05, 3.63) is 0 Å². The summed E-state index contributed by atoms with van der Waals surface area (Å²) < 4.78 is 6.44. The van der Waals surface area contributed by atoms with Gasteiger partial charge in [0.05, 0.1) is 6.10 Å². The van der Waals surface area contributed by atoms with Gasteiger partial charge in [0.25, 0.3) is 0 Å². The average molecular weight is 469 g/mol. The molecule has 3 atom stereocenters. The molecule has 0 aromatic carbocycles. The molecular formula is C18H36IN3OS. The van der Waals surface area contributed by atoms with Crippen molar-refractivity contribution in [2.75, 3.05) is 32.5 Å². The van der Waals surface area contributed by atoms with Crippen molar-refractivity contribution >= 4 is 41.7 Å². The summed E-state index contributed by atoms with van der Waals surface area (Å²) >= 11 is 2.08. The predicted molar refractivity (Wildman–Crippen MR) is 117 cm³/mol. The standard InChI is InChI=1S/C18H35N3OS.HI/c1-17(2,3)15-14(8-6-10-22-15)12-20-16(19-5)21-13-18(4)9-7-11-23-18;/h14-15H,6-13H2,1-5H3,(H2,19,20,21);1H. The maximum Gasteiger partial charge on any atom is 0.191 e. The highest BCUT2D eigenvalue weighted by atomic mass is 127. The van der Waals surface area contributed by atoms with E-state index in [0.717, 1.165) is 25.7 Å². The van der Waals surface area contributed by atoms with E-state index in [2.05, 4.69) is 55.1 Å². The zero-order valence-electron chi connectivity index (χ0n) is 16.0. The molecule has 0 amide bonds. The van der Waals surface area contributed by atoms with Crippen molar-refractivity contribution in [3.63, 3.8) is 0 Å². The van der Waals surface area contributed by atoms with Gasteiger partial charge in [0.1, 0.15) is 0 Å². The molecule has 24 heavy (non-hydrogen) atoms. The zero-order valence-corrected chi connectivity index (χ0v) is 19.1. The summed E-state index contributed by atoms with van der Waals surface area (Å²) in [7, 11) is 1.86. The Morgan fingerprint density at radius 1 is 1.29 bits per heavy atom. The van der Waals surface area contributed by atoms with Crippen molar-refractivity contribution in [2.45, 2.75) is 64.2 Å². The van der Waals surface area contributed by atoms with Crippen LogP contribution in [0.1, 0.15) is 53.4 Å². The van der Waals surface area contributed by atoms with Crippen LogP contribution in [0, 0.1) is 11.3 Å². The lowest BCUT2D eigenvalue weighted by molar-refractivity contribution is -0.0835. The minimum absolute atomic E-state index is 0. The topological polar surface area (TPSA) is 45.7 Å². The largest absolute Gasteiger partial charge is 0.377 e. The molecule has 2 N–H and O–H groups in total. The number of guanidine groups is 1.